The van der Waals surface area contributed by atoms with Gasteiger partial charge in [-0.25, -0.2) is 13.2 Å². The second-order valence-corrected chi connectivity index (χ2v) is 13.5. The molecule has 280 valence electrons. The molecule has 1 saturated carbocycles. The summed E-state index contributed by atoms with van der Waals surface area (Å²) in [6, 6.07) is 15.1. The van der Waals surface area contributed by atoms with Crippen molar-refractivity contribution in [2.75, 3.05) is 17.5 Å². The minimum Gasteiger partial charge on any atom is -0.619 e. The number of carboxylic acids is 1. The predicted molar refractivity (Wildman–Crippen MR) is 188 cm³/mol. The van der Waals surface area contributed by atoms with E-state index in [4.69, 9.17) is 32.7 Å². The second kappa shape index (κ2) is 17.6. The number of nitrogens with one attached hydrogen (secondary N) is 1. The van der Waals surface area contributed by atoms with Crippen LogP contribution in [0.3, 0.4) is 0 Å². The molecule has 4 aromatic rings. The molecule has 5 rings (SSSR count). The maximum absolute atomic E-state index is 13.2. The molecule has 53 heavy (non-hydrogen) atoms. The first-order valence-corrected chi connectivity index (χ1v) is 17.8. The minimum absolute atomic E-state index is 0.0298. The number of aromatic nitrogens is 1. The molecule has 13 nitrogen and oxygen atoms in total. The van der Waals surface area contributed by atoms with Crippen LogP contribution in [-0.2, 0) is 31.6 Å². The number of benzene rings is 3. The Hall–Kier alpha value is -5.19. The summed E-state index contributed by atoms with van der Waals surface area (Å²) in [7, 11) is -3.50. The maximum atomic E-state index is 13.2. The normalized spacial score (nSPS) is 13.6. The molecule has 0 aliphatic heterocycles. The number of aliphatic carboxylic acids is 1. The Balaban J connectivity index is 1.36. The van der Waals surface area contributed by atoms with Crippen molar-refractivity contribution in [1.82, 2.24) is 5.32 Å². The Morgan fingerprint density at radius 1 is 0.962 bits per heavy atom. The molecule has 0 radical (unpaired) electrons. The molecule has 1 aromatic heterocycles. The number of amides is 1. The first-order valence-electron chi connectivity index (χ1n) is 15.9. The molecule has 0 bridgehead atoms. The molecule has 0 spiro atoms. The quantitative estimate of drug-likeness (QED) is 0.0541. The fourth-order valence-electron chi connectivity index (χ4n) is 5.27. The number of rotatable bonds is 17. The van der Waals surface area contributed by atoms with Crippen molar-refractivity contribution in [1.29, 1.82) is 0 Å². The third-order valence-corrected chi connectivity index (χ3v) is 9.45. The highest BCUT2D eigenvalue weighted by Gasteiger charge is 2.31. The average Bonchev–Trinajstić information content (AvgIpc) is 3.94. The highest BCUT2D eigenvalue weighted by atomic mass is 35.5. The molecule has 1 unspecified atom stereocenters. The molecule has 1 aliphatic carbocycles. The topological polar surface area (TPSA) is 175 Å². The number of carbonyl (C=O) groups is 3. The largest absolute Gasteiger partial charge is 0.619 e. The standard InChI is InChI=1S/C35H31Cl2F2N3O10S/c36-26-17-41(47)18-27(37)25(26)15-29(22-11-12-28(52-35(38)39)30(14-22)50-19-20-9-10-20)51-31(43)16-40-33(44)23-7-4-8-24(13-23)42(53(48)49)32(34(45)46)21-5-2-1-3-6-21/h1-8,11-14,17-18,20,29,32,35,53H,9-10,15-16,19H2,(H,40,44)(H,45,46)/t29-,32?/m0/s1. The van der Waals surface area contributed by atoms with Gasteiger partial charge in [0.05, 0.1) is 12.3 Å². The Labute approximate surface area is 313 Å². The number of carbonyl (C=O) groups excluding carboxylic acids is 2. The summed E-state index contributed by atoms with van der Waals surface area (Å²) >= 11 is 12.6. The van der Waals surface area contributed by atoms with Crippen molar-refractivity contribution >= 4 is 57.6 Å². The zero-order chi connectivity index (χ0) is 38.2. The molecule has 0 saturated heterocycles. The van der Waals surface area contributed by atoms with Gasteiger partial charge in [-0.05, 0) is 60.2 Å². The first kappa shape index (κ1) is 39.0. The third-order valence-electron chi connectivity index (χ3n) is 7.98. The second-order valence-electron chi connectivity index (χ2n) is 11.8. The predicted octanol–water partition coefficient (Wildman–Crippen LogP) is 5.43. The van der Waals surface area contributed by atoms with Crippen LogP contribution >= 0.6 is 23.2 Å². The van der Waals surface area contributed by atoms with Crippen molar-refractivity contribution in [3.63, 3.8) is 0 Å². The lowest BCUT2D eigenvalue weighted by Gasteiger charge is -2.25. The molecular weight excluding hydrogens is 763 g/mol. The van der Waals surface area contributed by atoms with Crippen LogP contribution in [0, 0.1) is 11.1 Å². The van der Waals surface area contributed by atoms with Crippen LogP contribution < -0.4 is 23.8 Å². The molecule has 2 atom stereocenters. The SMILES string of the molecule is O=C(CNC(=O)c1cccc(N(C(C(=O)O)c2ccccc2)[SH](=O)=O)c1)O[C@@H](Cc1c(Cl)c[n+]([O-])cc1Cl)c1ccc(OC(F)F)c(OCC2CC2)c1. The van der Waals surface area contributed by atoms with E-state index >= 15 is 0 Å². The number of hydrogen-bond acceptors (Lipinski definition) is 9. The summed E-state index contributed by atoms with van der Waals surface area (Å²) in [4.78, 5) is 38.6. The summed E-state index contributed by atoms with van der Waals surface area (Å²) in [5, 5.41) is 24.1. The molecule has 1 amide bonds. The van der Waals surface area contributed by atoms with Crippen molar-refractivity contribution in [3.8, 4) is 11.5 Å². The van der Waals surface area contributed by atoms with E-state index < -0.39 is 54.0 Å². The van der Waals surface area contributed by atoms with Gasteiger partial charge in [0.15, 0.2) is 29.9 Å². The molecule has 1 fully saturated rings. The smallest absolute Gasteiger partial charge is 0.387 e. The minimum atomic E-state index is -3.50. The van der Waals surface area contributed by atoms with Crippen molar-refractivity contribution in [3.05, 3.63) is 123 Å². The summed E-state index contributed by atoms with van der Waals surface area (Å²) in [6.07, 6.45) is 2.53. The maximum Gasteiger partial charge on any atom is 0.387 e. The van der Waals surface area contributed by atoms with E-state index in [1.807, 2.05) is 0 Å². The Kier molecular flexibility index (Phi) is 12.9. The number of carboxylic acid groups (broad SMARTS) is 1. The van der Waals surface area contributed by atoms with Gasteiger partial charge in [0.1, 0.15) is 22.7 Å². The molecule has 3 aromatic carbocycles. The fourth-order valence-corrected chi connectivity index (χ4v) is 6.60. The number of nitrogens with zero attached hydrogens (tertiary/aromatic N) is 2. The summed E-state index contributed by atoms with van der Waals surface area (Å²) in [5.41, 5.74) is 0.432. The van der Waals surface area contributed by atoms with Crippen molar-refractivity contribution in [2.24, 2.45) is 5.92 Å². The number of hydrogen-bond donors (Lipinski definition) is 3. The van der Waals surface area contributed by atoms with Gasteiger partial charge in [0.2, 0.25) is 10.9 Å². The number of thiol groups is 1. The lowest BCUT2D eigenvalue weighted by Crippen LogP contribution is -2.34. The van der Waals surface area contributed by atoms with Crippen molar-refractivity contribution in [2.45, 2.75) is 38.0 Å². The van der Waals surface area contributed by atoms with Gasteiger partial charge >= 0.3 is 18.6 Å². The fraction of sp³-hybridized carbons (Fsp3) is 0.257. The average molecular weight is 795 g/mol. The van der Waals surface area contributed by atoms with Crippen LogP contribution in [0.5, 0.6) is 11.5 Å². The van der Waals surface area contributed by atoms with Gasteiger partial charge < -0.3 is 29.8 Å². The summed E-state index contributed by atoms with van der Waals surface area (Å²) in [5.74, 6) is -3.26. The first-order chi connectivity index (χ1) is 25.3. The van der Waals surface area contributed by atoms with E-state index in [-0.39, 0.29) is 68.4 Å². The molecular formula is C35H31Cl2F2N3O10S. The van der Waals surface area contributed by atoms with Crippen LogP contribution in [0.15, 0.2) is 85.2 Å². The van der Waals surface area contributed by atoms with E-state index in [0.29, 0.717) is 9.04 Å². The van der Waals surface area contributed by atoms with E-state index in [9.17, 15) is 41.9 Å². The molecule has 1 heterocycles. The number of ether oxygens (including phenoxy) is 3. The van der Waals surface area contributed by atoms with Gasteiger partial charge in [0, 0.05) is 17.5 Å². The molecule has 1 aliphatic rings. The third kappa shape index (κ3) is 10.5. The number of anilines is 1. The number of esters is 1. The zero-order valence-electron chi connectivity index (χ0n) is 27.4. The highest BCUT2D eigenvalue weighted by molar-refractivity contribution is 7.74. The van der Waals surface area contributed by atoms with Gasteiger partial charge in [-0.3, -0.25) is 13.9 Å². The Morgan fingerprint density at radius 2 is 1.66 bits per heavy atom. The number of pyridine rings is 1. The van der Waals surface area contributed by atoms with E-state index in [2.05, 4.69) is 10.1 Å². The van der Waals surface area contributed by atoms with Gasteiger partial charge in [0.25, 0.3) is 5.91 Å². The van der Waals surface area contributed by atoms with Crippen LogP contribution in [0.1, 0.15) is 52.0 Å². The molecule has 2 N–H and O–H groups in total. The van der Waals surface area contributed by atoms with Crippen LogP contribution in [0.4, 0.5) is 14.5 Å². The van der Waals surface area contributed by atoms with Crippen LogP contribution in [0.2, 0.25) is 10.0 Å². The van der Waals surface area contributed by atoms with E-state index in [1.54, 1.807) is 18.2 Å². The number of halogens is 4. The zero-order valence-corrected chi connectivity index (χ0v) is 29.8. The number of alkyl halides is 2. The van der Waals surface area contributed by atoms with Gasteiger partial charge in [-0.1, -0.05) is 65.7 Å². The van der Waals surface area contributed by atoms with Gasteiger partial charge in [-0.15, -0.1) is 0 Å². The van der Waals surface area contributed by atoms with Crippen molar-refractivity contribution < 1.29 is 55.6 Å². The Bertz CT molecular complexity index is 2020. The summed E-state index contributed by atoms with van der Waals surface area (Å²) < 4.78 is 68.1. The van der Waals surface area contributed by atoms with Gasteiger partial charge in [-0.2, -0.15) is 13.5 Å². The summed E-state index contributed by atoms with van der Waals surface area (Å²) in [6.45, 7) is -3.60. The highest BCUT2D eigenvalue weighted by Crippen LogP contribution is 2.38. The van der Waals surface area contributed by atoms with Crippen LogP contribution in [-0.4, -0.2) is 51.1 Å². The lowest BCUT2D eigenvalue weighted by atomic mass is 10.0. The van der Waals surface area contributed by atoms with Crippen LogP contribution in [0.25, 0.3) is 0 Å². The lowest BCUT2D eigenvalue weighted by molar-refractivity contribution is -0.605. The molecule has 18 heteroatoms. The van der Waals surface area contributed by atoms with E-state index in [0.717, 1.165) is 31.3 Å². The monoisotopic (exact) mass is 793 g/mol. The Morgan fingerprint density at radius 3 is 2.28 bits per heavy atom. The van der Waals surface area contributed by atoms with E-state index in [1.165, 1.54) is 48.5 Å².